The lowest BCUT2D eigenvalue weighted by Crippen LogP contribution is -2.55. The summed E-state index contributed by atoms with van der Waals surface area (Å²) < 4.78 is 5.51. The summed E-state index contributed by atoms with van der Waals surface area (Å²) in [6.45, 7) is 6.77. The fourth-order valence-corrected chi connectivity index (χ4v) is 3.39. The number of imide groups is 2. The molecule has 3 rings (SSSR count). The SMILES string of the molecule is CCN(CC)c1ccc(C=C2C(=O)NC(=O)N(CC3CCCO3)C2=O)cc1. The zero-order valence-corrected chi connectivity index (χ0v) is 15.7. The Labute approximate surface area is 159 Å². The van der Waals surface area contributed by atoms with E-state index >= 15 is 0 Å². The minimum absolute atomic E-state index is 0.0387. The highest BCUT2D eigenvalue weighted by Crippen LogP contribution is 2.20. The summed E-state index contributed by atoms with van der Waals surface area (Å²) in [5.41, 5.74) is 1.77. The minimum atomic E-state index is -0.686. The standard InChI is InChI=1S/C20H25N3O4/c1-3-22(4-2)15-9-7-14(8-10-15)12-17-18(24)21-20(26)23(19(17)25)13-16-6-5-11-27-16/h7-10,12,16H,3-6,11,13H2,1-2H3,(H,21,24,26). The maximum atomic E-state index is 12.7. The molecule has 2 fully saturated rings. The van der Waals surface area contributed by atoms with Crippen molar-refractivity contribution in [3.8, 4) is 0 Å². The van der Waals surface area contributed by atoms with E-state index in [1.54, 1.807) is 0 Å². The van der Waals surface area contributed by atoms with E-state index in [2.05, 4.69) is 24.1 Å². The van der Waals surface area contributed by atoms with Crippen LogP contribution in [0.25, 0.3) is 6.08 Å². The van der Waals surface area contributed by atoms with Gasteiger partial charge < -0.3 is 9.64 Å². The van der Waals surface area contributed by atoms with Crippen molar-refractivity contribution < 1.29 is 19.1 Å². The maximum Gasteiger partial charge on any atom is 0.331 e. The lowest BCUT2D eigenvalue weighted by Gasteiger charge is -2.28. The van der Waals surface area contributed by atoms with Gasteiger partial charge in [0.15, 0.2) is 0 Å². The van der Waals surface area contributed by atoms with E-state index in [1.807, 2.05) is 24.3 Å². The van der Waals surface area contributed by atoms with E-state index in [1.165, 1.54) is 6.08 Å². The van der Waals surface area contributed by atoms with Crippen molar-refractivity contribution in [2.75, 3.05) is 31.1 Å². The average molecular weight is 371 g/mol. The van der Waals surface area contributed by atoms with Gasteiger partial charge in [-0.3, -0.25) is 19.8 Å². The highest BCUT2D eigenvalue weighted by Gasteiger charge is 2.37. The zero-order chi connectivity index (χ0) is 19.4. The molecule has 2 saturated heterocycles. The van der Waals surface area contributed by atoms with Crippen LogP contribution in [0.3, 0.4) is 0 Å². The number of barbiturate groups is 1. The van der Waals surface area contributed by atoms with E-state index in [9.17, 15) is 14.4 Å². The fraction of sp³-hybridized carbons (Fsp3) is 0.450. The molecule has 0 saturated carbocycles. The number of hydrogen-bond donors (Lipinski definition) is 1. The highest BCUT2D eigenvalue weighted by atomic mass is 16.5. The van der Waals surface area contributed by atoms with Crippen LogP contribution in [0.5, 0.6) is 0 Å². The Morgan fingerprint density at radius 3 is 2.48 bits per heavy atom. The summed E-state index contributed by atoms with van der Waals surface area (Å²) in [4.78, 5) is 40.2. The van der Waals surface area contributed by atoms with Gasteiger partial charge in [-0.15, -0.1) is 0 Å². The smallest absolute Gasteiger partial charge is 0.331 e. The van der Waals surface area contributed by atoms with Crippen molar-refractivity contribution in [3.63, 3.8) is 0 Å². The van der Waals surface area contributed by atoms with Crippen molar-refractivity contribution in [1.29, 1.82) is 0 Å². The first-order valence-corrected chi connectivity index (χ1v) is 9.39. The van der Waals surface area contributed by atoms with E-state index in [4.69, 9.17) is 4.74 Å². The van der Waals surface area contributed by atoms with Gasteiger partial charge in [-0.05, 0) is 50.5 Å². The summed E-state index contributed by atoms with van der Waals surface area (Å²) in [6.07, 6.45) is 3.08. The third-order valence-corrected chi connectivity index (χ3v) is 4.93. The molecule has 0 bridgehead atoms. The molecule has 1 unspecified atom stereocenters. The van der Waals surface area contributed by atoms with Crippen LogP contribution in [0.4, 0.5) is 10.5 Å². The third kappa shape index (κ3) is 4.19. The summed E-state index contributed by atoms with van der Waals surface area (Å²) in [5.74, 6) is -1.24. The number of amides is 4. The molecule has 0 radical (unpaired) electrons. The first-order valence-electron chi connectivity index (χ1n) is 9.39. The molecule has 1 aromatic rings. The number of ether oxygens (including phenoxy) is 1. The van der Waals surface area contributed by atoms with Crippen LogP contribution in [0.15, 0.2) is 29.8 Å². The predicted octanol–water partition coefficient (Wildman–Crippen LogP) is 2.17. The Balaban J connectivity index is 1.79. The molecule has 2 aliphatic heterocycles. The van der Waals surface area contributed by atoms with Gasteiger partial charge in [0.05, 0.1) is 12.6 Å². The first kappa shape index (κ1) is 19.1. The molecule has 4 amide bonds. The maximum absolute atomic E-state index is 12.7. The van der Waals surface area contributed by atoms with Crippen molar-refractivity contribution in [2.45, 2.75) is 32.8 Å². The molecular formula is C20H25N3O4. The van der Waals surface area contributed by atoms with E-state index in [0.29, 0.717) is 6.61 Å². The summed E-state index contributed by atoms with van der Waals surface area (Å²) in [5, 5.41) is 2.25. The Morgan fingerprint density at radius 2 is 1.89 bits per heavy atom. The molecule has 0 spiro atoms. The van der Waals surface area contributed by atoms with Gasteiger partial charge in [0.2, 0.25) is 0 Å². The largest absolute Gasteiger partial charge is 0.376 e. The molecule has 2 heterocycles. The summed E-state index contributed by atoms with van der Waals surface area (Å²) >= 11 is 0. The highest BCUT2D eigenvalue weighted by molar-refractivity contribution is 6.31. The van der Waals surface area contributed by atoms with Crippen LogP contribution in [0.1, 0.15) is 32.3 Å². The van der Waals surface area contributed by atoms with Gasteiger partial charge in [0.25, 0.3) is 11.8 Å². The molecule has 1 aromatic carbocycles. The lowest BCUT2D eigenvalue weighted by molar-refractivity contribution is -0.131. The normalized spacial score (nSPS) is 21.7. The molecular weight excluding hydrogens is 346 g/mol. The molecule has 0 aromatic heterocycles. The molecule has 7 heteroatoms. The van der Waals surface area contributed by atoms with Gasteiger partial charge in [0, 0.05) is 25.4 Å². The van der Waals surface area contributed by atoms with Crippen molar-refractivity contribution in [2.24, 2.45) is 0 Å². The fourth-order valence-electron chi connectivity index (χ4n) is 3.39. The lowest BCUT2D eigenvalue weighted by atomic mass is 10.1. The molecule has 1 atom stereocenters. The number of rotatable bonds is 6. The van der Waals surface area contributed by atoms with E-state index in [-0.39, 0.29) is 18.2 Å². The van der Waals surface area contributed by atoms with Crippen LogP contribution in [0, 0.1) is 0 Å². The first-order chi connectivity index (χ1) is 13.0. The van der Waals surface area contributed by atoms with E-state index < -0.39 is 17.8 Å². The number of urea groups is 1. The van der Waals surface area contributed by atoms with Gasteiger partial charge in [-0.25, -0.2) is 4.79 Å². The topological polar surface area (TPSA) is 79.0 Å². The molecule has 27 heavy (non-hydrogen) atoms. The third-order valence-electron chi connectivity index (χ3n) is 4.93. The Kier molecular flexibility index (Phi) is 5.91. The molecule has 7 nitrogen and oxygen atoms in total. The van der Waals surface area contributed by atoms with Gasteiger partial charge in [-0.1, -0.05) is 12.1 Å². The summed E-state index contributed by atoms with van der Waals surface area (Å²) in [6, 6.07) is 6.96. The number of anilines is 1. The Bertz CT molecular complexity index is 747. The molecule has 144 valence electrons. The number of carbonyl (C=O) groups excluding carboxylic acids is 3. The number of hydrogen-bond acceptors (Lipinski definition) is 5. The van der Waals surface area contributed by atoms with Crippen LogP contribution >= 0.6 is 0 Å². The molecule has 1 N–H and O–H groups in total. The molecule has 0 aliphatic carbocycles. The zero-order valence-electron chi connectivity index (χ0n) is 15.7. The predicted molar refractivity (Wildman–Crippen MR) is 102 cm³/mol. The van der Waals surface area contributed by atoms with Crippen LogP contribution in [0.2, 0.25) is 0 Å². The van der Waals surface area contributed by atoms with Crippen molar-refractivity contribution in [3.05, 3.63) is 35.4 Å². The van der Waals surface area contributed by atoms with Crippen LogP contribution in [-0.4, -0.2) is 55.1 Å². The molecule has 2 aliphatic rings. The second kappa shape index (κ2) is 8.35. The van der Waals surface area contributed by atoms with E-state index in [0.717, 1.165) is 42.1 Å². The minimum Gasteiger partial charge on any atom is -0.376 e. The summed E-state index contributed by atoms with van der Waals surface area (Å²) in [7, 11) is 0. The van der Waals surface area contributed by atoms with Crippen molar-refractivity contribution in [1.82, 2.24) is 10.2 Å². The number of carbonyl (C=O) groups is 3. The Hall–Kier alpha value is -2.67. The second-order valence-corrected chi connectivity index (χ2v) is 6.63. The van der Waals surface area contributed by atoms with Gasteiger partial charge in [-0.2, -0.15) is 0 Å². The van der Waals surface area contributed by atoms with Gasteiger partial charge >= 0.3 is 6.03 Å². The number of nitrogens with one attached hydrogen (secondary N) is 1. The Morgan fingerprint density at radius 1 is 1.19 bits per heavy atom. The van der Waals surface area contributed by atoms with Crippen LogP contribution in [-0.2, 0) is 14.3 Å². The van der Waals surface area contributed by atoms with Crippen molar-refractivity contribution >= 4 is 29.6 Å². The number of benzene rings is 1. The van der Waals surface area contributed by atoms with Gasteiger partial charge in [0.1, 0.15) is 5.57 Å². The number of nitrogens with zero attached hydrogens (tertiary/aromatic N) is 2. The average Bonchev–Trinajstić information content (AvgIpc) is 3.18. The van der Waals surface area contributed by atoms with Crippen LogP contribution < -0.4 is 10.2 Å². The quantitative estimate of drug-likeness (QED) is 0.612. The monoisotopic (exact) mass is 371 g/mol. The second-order valence-electron chi connectivity index (χ2n) is 6.63.